The first-order chi connectivity index (χ1) is 14.5. The average molecular weight is 426 g/mol. The molecule has 2 aromatic carbocycles. The molecule has 0 radical (unpaired) electrons. The Kier molecular flexibility index (Phi) is 5.92. The number of carbonyl (C=O) groups is 1. The molecule has 4 rings (SSSR count). The van der Waals surface area contributed by atoms with Crippen molar-refractivity contribution in [1.29, 1.82) is 0 Å². The summed E-state index contributed by atoms with van der Waals surface area (Å²) in [5, 5.41) is 11.5. The summed E-state index contributed by atoms with van der Waals surface area (Å²) >= 11 is 5.98. The van der Waals surface area contributed by atoms with Gasteiger partial charge in [-0.15, -0.1) is 10.2 Å². The molecule has 1 fully saturated rings. The van der Waals surface area contributed by atoms with Gasteiger partial charge < -0.3 is 15.1 Å². The number of rotatable bonds is 4. The molecule has 1 aliphatic heterocycles. The fourth-order valence-electron chi connectivity index (χ4n) is 3.35. The van der Waals surface area contributed by atoms with Gasteiger partial charge in [-0.1, -0.05) is 29.8 Å². The van der Waals surface area contributed by atoms with E-state index < -0.39 is 11.7 Å². The summed E-state index contributed by atoms with van der Waals surface area (Å²) in [4.78, 5) is 17.0. The zero-order valence-electron chi connectivity index (χ0n) is 16.5. The highest BCUT2D eigenvalue weighted by atomic mass is 35.5. The first-order valence-electron chi connectivity index (χ1n) is 9.64. The maximum absolute atomic E-state index is 14.0. The lowest BCUT2D eigenvalue weighted by atomic mass is 10.1. The molecule has 30 heavy (non-hydrogen) atoms. The first kappa shape index (κ1) is 20.3. The molecule has 0 aliphatic carbocycles. The zero-order valence-corrected chi connectivity index (χ0v) is 17.2. The van der Waals surface area contributed by atoms with E-state index in [0.29, 0.717) is 11.4 Å². The molecular formula is C22H21ClFN5O. The predicted molar refractivity (Wildman–Crippen MR) is 117 cm³/mol. The minimum absolute atomic E-state index is 0.0639. The summed E-state index contributed by atoms with van der Waals surface area (Å²) in [5.41, 5.74) is 1.82. The van der Waals surface area contributed by atoms with E-state index in [-0.39, 0.29) is 10.6 Å². The lowest BCUT2D eigenvalue weighted by Crippen LogP contribution is -2.44. The van der Waals surface area contributed by atoms with Gasteiger partial charge in [0.2, 0.25) is 0 Å². The van der Waals surface area contributed by atoms with Crippen molar-refractivity contribution in [1.82, 2.24) is 15.1 Å². The molecule has 0 spiro atoms. The van der Waals surface area contributed by atoms with Crippen molar-refractivity contribution in [3.05, 3.63) is 71.0 Å². The Morgan fingerprint density at radius 2 is 1.80 bits per heavy atom. The van der Waals surface area contributed by atoms with E-state index >= 15 is 0 Å². The largest absolute Gasteiger partial charge is 0.353 e. The van der Waals surface area contributed by atoms with Gasteiger partial charge in [-0.3, -0.25) is 4.79 Å². The number of amides is 1. The molecule has 2 heterocycles. The minimum Gasteiger partial charge on any atom is -0.353 e. The van der Waals surface area contributed by atoms with Crippen LogP contribution in [0.5, 0.6) is 0 Å². The van der Waals surface area contributed by atoms with Crippen molar-refractivity contribution in [3.8, 4) is 11.3 Å². The van der Waals surface area contributed by atoms with Gasteiger partial charge in [-0.25, -0.2) is 4.39 Å². The van der Waals surface area contributed by atoms with Crippen molar-refractivity contribution in [2.24, 2.45) is 0 Å². The summed E-state index contributed by atoms with van der Waals surface area (Å²) in [6.45, 7) is 3.84. The lowest BCUT2D eigenvalue weighted by Gasteiger charge is -2.32. The highest BCUT2D eigenvalue weighted by Gasteiger charge is 2.17. The molecular weight excluding hydrogens is 405 g/mol. The predicted octanol–water partition coefficient (Wildman–Crippen LogP) is 3.94. The molecule has 0 unspecified atom stereocenters. The van der Waals surface area contributed by atoms with E-state index in [2.05, 4.69) is 32.4 Å². The summed E-state index contributed by atoms with van der Waals surface area (Å²) in [7, 11) is 2.11. The van der Waals surface area contributed by atoms with Crippen molar-refractivity contribution in [2.45, 2.75) is 0 Å². The standard InChI is InChI=1S/C22H21ClFN5O/c1-28-10-12-29(13-11-28)20-9-8-19(26-27-20)15-4-2-5-16(14-15)25-22(30)21-17(23)6-3-7-18(21)24/h2-9,14H,10-13H2,1H3,(H,25,30). The van der Waals surface area contributed by atoms with Crippen LogP contribution < -0.4 is 10.2 Å². The van der Waals surface area contributed by atoms with Crippen LogP contribution in [0.1, 0.15) is 10.4 Å². The molecule has 8 heteroatoms. The van der Waals surface area contributed by atoms with Crippen LogP contribution in [0.3, 0.4) is 0 Å². The molecule has 154 valence electrons. The van der Waals surface area contributed by atoms with Crippen LogP contribution in [0.4, 0.5) is 15.9 Å². The molecule has 0 atom stereocenters. The first-order valence-corrected chi connectivity index (χ1v) is 10.0. The summed E-state index contributed by atoms with van der Waals surface area (Å²) in [5.74, 6) is -0.418. The van der Waals surface area contributed by atoms with Gasteiger partial charge in [0, 0.05) is 37.4 Å². The number of hydrogen-bond donors (Lipinski definition) is 1. The number of halogens is 2. The number of hydrogen-bond acceptors (Lipinski definition) is 5. The van der Waals surface area contributed by atoms with Crippen LogP contribution in [0, 0.1) is 5.82 Å². The monoisotopic (exact) mass is 425 g/mol. The van der Waals surface area contributed by atoms with E-state index in [1.165, 1.54) is 18.2 Å². The van der Waals surface area contributed by atoms with E-state index in [1.54, 1.807) is 18.2 Å². The highest BCUT2D eigenvalue weighted by molar-refractivity contribution is 6.34. The quantitative estimate of drug-likeness (QED) is 0.686. The lowest BCUT2D eigenvalue weighted by molar-refractivity contribution is 0.102. The highest BCUT2D eigenvalue weighted by Crippen LogP contribution is 2.24. The molecule has 1 amide bonds. The van der Waals surface area contributed by atoms with Crippen LogP contribution in [0.2, 0.25) is 5.02 Å². The Bertz CT molecular complexity index is 1030. The van der Waals surface area contributed by atoms with Crippen molar-refractivity contribution < 1.29 is 9.18 Å². The Hall–Kier alpha value is -3.03. The van der Waals surface area contributed by atoms with E-state index in [1.807, 2.05) is 18.2 Å². The number of anilines is 2. The summed E-state index contributed by atoms with van der Waals surface area (Å²) < 4.78 is 14.0. The van der Waals surface area contributed by atoms with Gasteiger partial charge in [0.1, 0.15) is 5.82 Å². The fourth-order valence-corrected chi connectivity index (χ4v) is 3.60. The maximum atomic E-state index is 14.0. The second kappa shape index (κ2) is 8.77. The van der Waals surface area contributed by atoms with Gasteiger partial charge >= 0.3 is 0 Å². The number of piperazine rings is 1. The van der Waals surface area contributed by atoms with Crippen LogP contribution in [0.15, 0.2) is 54.6 Å². The third-order valence-corrected chi connectivity index (χ3v) is 5.40. The van der Waals surface area contributed by atoms with E-state index in [4.69, 9.17) is 11.6 Å². The average Bonchev–Trinajstić information content (AvgIpc) is 2.74. The van der Waals surface area contributed by atoms with Crippen LogP contribution in [-0.2, 0) is 0 Å². The van der Waals surface area contributed by atoms with Crippen molar-refractivity contribution >= 4 is 29.0 Å². The maximum Gasteiger partial charge on any atom is 0.260 e. The number of nitrogens with zero attached hydrogens (tertiary/aromatic N) is 4. The topological polar surface area (TPSA) is 61.4 Å². The van der Waals surface area contributed by atoms with Crippen LogP contribution in [-0.4, -0.2) is 54.2 Å². The zero-order chi connectivity index (χ0) is 21.1. The van der Waals surface area contributed by atoms with E-state index in [0.717, 1.165) is 37.6 Å². The Balaban J connectivity index is 1.50. The molecule has 1 aromatic heterocycles. The third kappa shape index (κ3) is 4.42. The Morgan fingerprint density at radius 1 is 1.03 bits per heavy atom. The second-order valence-electron chi connectivity index (χ2n) is 7.20. The second-order valence-corrected chi connectivity index (χ2v) is 7.61. The van der Waals surface area contributed by atoms with E-state index in [9.17, 15) is 9.18 Å². The Morgan fingerprint density at radius 3 is 2.50 bits per heavy atom. The third-order valence-electron chi connectivity index (χ3n) is 5.08. The summed E-state index contributed by atoms with van der Waals surface area (Å²) in [6.07, 6.45) is 0. The molecule has 1 N–H and O–H groups in total. The van der Waals surface area contributed by atoms with Crippen LogP contribution in [0.25, 0.3) is 11.3 Å². The molecule has 6 nitrogen and oxygen atoms in total. The number of nitrogens with one attached hydrogen (secondary N) is 1. The number of likely N-dealkylation sites (N-methyl/N-ethyl adjacent to an activating group) is 1. The fraction of sp³-hybridized carbons (Fsp3) is 0.227. The van der Waals surface area contributed by atoms with Gasteiger partial charge in [0.25, 0.3) is 5.91 Å². The minimum atomic E-state index is -0.665. The van der Waals surface area contributed by atoms with Gasteiger partial charge in [0.15, 0.2) is 5.82 Å². The normalized spacial score (nSPS) is 14.6. The van der Waals surface area contributed by atoms with Gasteiger partial charge in [-0.2, -0.15) is 0 Å². The molecule has 0 saturated carbocycles. The van der Waals surface area contributed by atoms with Gasteiger partial charge in [-0.05, 0) is 43.4 Å². The van der Waals surface area contributed by atoms with Crippen molar-refractivity contribution in [3.63, 3.8) is 0 Å². The molecule has 3 aromatic rings. The van der Waals surface area contributed by atoms with Gasteiger partial charge in [0.05, 0.1) is 16.3 Å². The smallest absolute Gasteiger partial charge is 0.260 e. The summed E-state index contributed by atoms with van der Waals surface area (Å²) in [6, 6.07) is 15.2. The number of benzene rings is 2. The molecule has 1 aliphatic rings. The van der Waals surface area contributed by atoms with Crippen LogP contribution >= 0.6 is 11.6 Å². The Labute approximate surface area is 179 Å². The number of carbonyl (C=O) groups excluding carboxylic acids is 1. The number of aromatic nitrogens is 2. The molecule has 1 saturated heterocycles. The SMILES string of the molecule is CN1CCN(c2ccc(-c3cccc(NC(=O)c4c(F)cccc4Cl)c3)nn2)CC1. The van der Waals surface area contributed by atoms with Crippen molar-refractivity contribution in [2.75, 3.05) is 43.4 Å². The molecule has 0 bridgehead atoms.